The normalized spacial score (nSPS) is 11.4. The zero-order chi connectivity index (χ0) is 12.7. The van der Waals surface area contributed by atoms with Crippen molar-refractivity contribution in [2.75, 3.05) is 0 Å². The molecule has 0 spiro atoms. The van der Waals surface area contributed by atoms with Gasteiger partial charge in [-0.3, -0.25) is 4.57 Å². The fraction of sp³-hybridized carbons (Fsp3) is 0.333. The zero-order valence-corrected chi connectivity index (χ0v) is 11.4. The predicted molar refractivity (Wildman–Crippen MR) is 69.6 cm³/mol. The van der Waals surface area contributed by atoms with Crippen molar-refractivity contribution in [1.29, 1.82) is 0 Å². The first-order valence-corrected chi connectivity index (χ1v) is 6.06. The third kappa shape index (κ3) is 1.95. The number of halogens is 1. The maximum atomic E-state index is 11.7. The highest BCUT2D eigenvalue weighted by Crippen LogP contribution is 2.24. The van der Waals surface area contributed by atoms with Crippen LogP contribution in [0.15, 0.2) is 30.6 Å². The highest BCUT2D eigenvalue weighted by Gasteiger charge is 2.14. The zero-order valence-electron chi connectivity index (χ0n) is 9.78. The Labute approximate surface area is 106 Å². The van der Waals surface area contributed by atoms with E-state index in [-0.39, 0.29) is 6.04 Å². The Hall–Kier alpha value is -1.36. The molecule has 0 fully saturated rings. The van der Waals surface area contributed by atoms with Crippen LogP contribution in [0.3, 0.4) is 0 Å². The lowest BCUT2D eigenvalue weighted by molar-refractivity contribution is 0.398. The van der Waals surface area contributed by atoms with E-state index >= 15 is 0 Å². The Morgan fingerprint density at radius 2 is 1.94 bits per heavy atom. The molecule has 0 aliphatic rings. The minimum Gasteiger partial charge on any atom is -0.372 e. The minimum absolute atomic E-state index is 0.0756. The molecule has 0 aliphatic heterocycles. The van der Waals surface area contributed by atoms with Crippen LogP contribution in [0, 0.1) is 6.92 Å². The molecular formula is C12H12BrNO3. The van der Waals surface area contributed by atoms with Crippen LogP contribution in [0.2, 0.25) is 0 Å². The van der Waals surface area contributed by atoms with Crippen LogP contribution < -0.4 is 11.4 Å². The largest absolute Gasteiger partial charge is 0.422 e. The molecular weight excluding hydrogens is 286 g/mol. The molecule has 0 saturated carbocycles. The summed E-state index contributed by atoms with van der Waals surface area (Å²) in [4.78, 5) is 23.4. The summed E-state index contributed by atoms with van der Waals surface area (Å²) in [5, 5.41) is 0.421. The van der Waals surface area contributed by atoms with Crippen LogP contribution in [0.5, 0.6) is 0 Å². The summed E-state index contributed by atoms with van der Waals surface area (Å²) in [6.07, 6.45) is 0. The number of aryl methyl sites for hydroxylation is 1. The van der Waals surface area contributed by atoms with E-state index < -0.39 is 11.4 Å². The van der Waals surface area contributed by atoms with Crippen molar-refractivity contribution < 1.29 is 4.42 Å². The second-order valence-electron chi connectivity index (χ2n) is 4.26. The fourth-order valence-electron chi connectivity index (χ4n) is 1.88. The van der Waals surface area contributed by atoms with E-state index in [9.17, 15) is 9.59 Å². The van der Waals surface area contributed by atoms with Crippen molar-refractivity contribution in [3.05, 3.63) is 43.1 Å². The Balaban J connectivity index is 3.11. The number of benzene rings is 1. The van der Waals surface area contributed by atoms with Gasteiger partial charge in [-0.05, 0) is 54.4 Å². The smallest absolute Gasteiger partial charge is 0.372 e. The van der Waals surface area contributed by atoms with Gasteiger partial charge >= 0.3 is 11.4 Å². The number of hydrogen-bond acceptors (Lipinski definition) is 3. The Bertz CT molecular complexity index is 697. The SMILES string of the molecule is Cc1cc(Br)c2c(c1)c(=O)oc(=O)n2C(C)C. The molecule has 4 nitrogen and oxygen atoms in total. The first kappa shape index (κ1) is 12.1. The second kappa shape index (κ2) is 4.14. The molecule has 0 bridgehead atoms. The fourth-order valence-corrected chi connectivity index (χ4v) is 2.64. The summed E-state index contributed by atoms with van der Waals surface area (Å²) in [5.41, 5.74) is 0.934. The van der Waals surface area contributed by atoms with E-state index in [4.69, 9.17) is 4.42 Å². The lowest BCUT2D eigenvalue weighted by Crippen LogP contribution is -2.26. The van der Waals surface area contributed by atoms with Gasteiger partial charge in [-0.2, -0.15) is 0 Å². The lowest BCUT2D eigenvalue weighted by Gasteiger charge is -2.13. The van der Waals surface area contributed by atoms with E-state index in [1.54, 1.807) is 6.07 Å². The van der Waals surface area contributed by atoms with Crippen LogP contribution in [-0.2, 0) is 0 Å². The summed E-state index contributed by atoms with van der Waals surface area (Å²) in [6.45, 7) is 5.62. The quantitative estimate of drug-likeness (QED) is 0.813. The molecule has 0 saturated heterocycles. The van der Waals surface area contributed by atoms with Gasteiger partial charge < -0.3 is 4.42 Å². The third-order valence-electron chi connectivity index (χ3n) is 2.56. The molecule has 1 aromatic heterocycles. The van der Waals surface area contributed by atoms with Gasteiger partial charge in [0.1, 0.15) is 0 Å². The highest BCUT2D eigenvalue weighted by atomic mass is 79.9. The summed E-state index contributed by atoms with van der Waals surface area (Å²) in [5.74, 6) is -0.623. The van der Waals surface area contributed by atoms with Gasteiger partial charge in [0.2, 0.25) is 0 Å². The number of fused-ring (bicyclic) bond motifs is 1. The van der Waals surface area contributed by atoms with Crippen molar-refractivity contribution in [2.24, 2.45) is 0 Å². The van der Waals surface area contributed by atoms with E-state index in [0.29, 0.717) is 10.9 Å². The maximum absolute atomic E-state index is 11.7. The van der Waals surface area contributed by atoms with E-state index in [1.165, 1.54) is 4.57 Å². The molecule has 0 radical (unpaired) electrons. The van der Waals surface area contributed by atoms with Gasteiger partial charge in [0.15, 0.2) is 0 Å². The third-order valence-corrected chi connectivity index (χ3v) is 3.17. The molecule has 0 aliphatic carbocycles. The first-order chi connectivity index (χ1) is 7.91. The molecule has 17 heavy (non-hydrogen) atoms. The number of nitrogens with zero attached hydrogens (tertiary/aromatic N) is 1. The standard InChI is InChI=1S/C12H12BrNO3/c1-6(2)14-10-8(11(15)17-12(14)16)4-7(3)5-9(10)13/h4-6H,1-3H3. The summed E-state index contributed by atoms with van der Waals surface area (Å²) in [6, 6.07) is 3.53. The van der Waals surface area contributed by atoms with E-state index in [0.717, 1.165) is 10.0 Å². The van der Waals surface area contributed by atoms with Gasteiger partial charge in [-0.25, -0.2) is 9.59 Å². The minimum atomic E-state index is -0.623. The Morgan fingerprint density at radius 1 is 1.29 bits per heavy atom. The molecule has 2 rings (SSSR count). The molecule has 2 aromatic rings. The molecule has 0 N–H and O–H groups in total. The summed E-state index contributed by atoms with van der Waals surface area (Å²) < 4.78 is 6.92. The molecule has 0 unspecified atom stereocenters. The van der Waals surface area contributed by atoms with E-state index in [1.807, 2.05) is 26.8 Å². The van der Waals surface area contributed by atoms with Crippen molar-refractivity contribution >= 4 is 26.8 Å². The monoisotopic (exact) mass is 297 g/mol. The first-order valence-electron chi connectivity index (χ1n) is 5.27. The van der Waals surface area contributed by atoms with Gasteiger partial charge in [0.05, 0.1) is 10.9 Å². The van der Waals surface area contributed by atoms with Crippen molar-refractivity contribution in [1.82, 2.24) is 4.57 Å². The topological polar surface area (TPSA) is 52.2 Å². The highest BCUT2D eigenvalue weighted by molar-refractivity contribution is 9.10. The van der Waals surface area contributed by atoms with Gasteiger partial charge in [0, 0.05) is 10.5 Å². The van der Waals surface area contributed by atoms with Crippen LogP contribution in [0.25, 0.3) is 10.9 Å². The Morgan fingerprint density at radius 3 is 2.53 bits per heavy atom. The summed E-state index contributed by atoms with van der Waals surface area (Å²) in [7, 11) is 0. The molecule has 1 heterocycles. The predicted octanol–water partition coefficient (Wildman–Crippen LogP) is 2.61. The van der Waals surface area contributed by atoms with Crippen LogP contribution in [0.1, 0.15) is 25.5 Å². The van der Waals surface area contributed by atoms with Crippen LogP contribution in [-0.4, -0.2) is 4.57 Å². The summed E-state index contributed by atoms with van der Waals surface area (Å²) >= 11 is 3.39. The Kier molecular flexibility index (Phi) is 2.95. The van der Waals surface area contributed by atoms with Crippen LogP contribution in [0.4, 0.5) is 0 Å². The van der Waals surface area contributed by atoms with E-state index in [2.05, 4.69) is 15.9 Å². The molecule has 0 atom stereocenters. The molecule has 1 aromatic carbocycles. The average molecular weight is 298 g/mol. The van der Waals surface area contributed by atoms with Gasteiger partial charge in [-0.15, -0.1) is 0 Å². The van der Waals surface area contributed by atoms with Gasteiger partial charge in [0.25, 0.3) is 0 Å². The van der Waals surface area contributed by atoms with Crippen molar-refractivity contribution in [2.45, 2.75) is 26.8 Å². The number of rotatable bonds is 1. The average Bonchev–Trinajstić information content (AvgIpc) is 2.19. The van der Waals surface area contributed by atoms with Crippen LogP contribution >= 0.6 is 15.9 Å². The molecule has 0 amide bonds. The number of hydrogen-bond donors (Lipinski definition) is 0. The van der Waals surface area contributed by atoms with Crippen molar-refractivity contribution in [3.63, 3.8) is 0 Å². The molecule has 5 heteroatoms. The maximum Gasteiger partial charge on any atom is 0.422 e. The van der Waals surface area contributed by atoms with Crippen molar-refractivity contribution in [3.8, 4) is 0 Å². The lowest BCUT2D eigenvalue weighted by atomic mass is 10.1. The van der Waals surface area contributed by atoms with Gasteiger partial charge in [-0.1, -0.05) is 0 Å². The molecule has 90 valence electrons. The second-order valence-corrected chi connectivity index (χ2v) is 5.12. The number of aromatic nitrogens is 1.